The Bertz CT molecular complexity index is 425. The highest BCUT2D eigenvalue weighted by molar-refractivity contribution is 5.15. The van der Waals surface area contributed by atoms with Crippen LogP contribution in [0.25, 0.3) is 0 Å². The Morgan fingerprint density at radius 1 is 1.18 bits per heavy atom. The summed E-state index contributed by atoms with van der Waals surface area (Å²) in [4.78, 5) is 3.15. The van der Waals surface area contributed by atoms with Gasteiger partial charge in [0.05, 0.1) is 6.04 Å². The second kappa shape index (κ2) is 5.66. The molecule has 2 rings (SSSR count). The lowest BCUT2D eigenvalue weighted by atomic mass is 10.1. The first kappa shape index (κ1) is 11.9. The molecular formula is C14H18N2O. The van der Waals surface area contributed by atoms with Gasteiger partial charge in [-0.25, -0.2) is 0 Å². The molecule has 1 atom stereocenters. The summed E-state index contributed by atoms with van der Waals surface area (Å²) in [7, 11) is 0. The van der Waals surface area contributed by atoms with E-state index in [2.05, 4.69) is 11.9 Å². The molecule has 2 aromatic rings. The van der Waals surface area contributed by atoms with Gasteiger partial charge in [-0.2, -0.15) is 5.06 Å². The summed E-state index contributed by atoms with van der Waals surface area (Å²) >= 11 is 0. The zero-order chi connectivity index (χ0) is 12.1. The summed E-state index contributed by atoms with van der Waals surface area (Å²) in [6.45, 7) is 2.61. The third kappa shape index (κ3) is 2.96. The third-order valence-corrected chi connectivity index (χ3v) is 2.91. The number of aromatic amines is 1. The van der Waals surface area contributed by atoms with Crippen molar-refractivity contribution in [2.75, 3.05) is 0 Å². The second-order valence-corrected chi connectivity index (χ2v) is 4.13. The number of nitrogens with zero attached hydrogens (tertiary/aromatic N) is 1. The first-order valence-electron chi connectivity index (χ1n) is 5.94. The molecule has 0 saturated heterocycles. The molecule has 3 nitrogen and oxygen atoms in total. The molecule has 0 amide bonds. The van der Waals surface area contributed by atoms with Gasteiger partial charge in [0.25, 0.3) is 0 Å². The van der Waals surface area contributed by atoms with E-state index in [1.807, 2.05) is 48.7 Å². The molecule has 1 unspecified atom stereocenters. The van der Waals surface area contributed by atoms with E-state index in [1.54, 1.807) is 0 Å². The molecule has 1 heterocycles. The Balaban J connectivity index is 2.06. The monoisotopic (exact) mass is 230 g/mol. The largest absolute Gasteiger partial charge is 0.364 e. The van der Waals surface area contributed by atoms with E-state index in [1.165, 1.54) is 5.06 Å². The normalized spacial score (nSPS) is 12.9. The van der Waals surface area contributed by atoms with Crippen LogP contribution in [0.15, 0.2) is 48.7 Å². The van der Waals surface area contributed by atoms with Crippen molar-refractivity contribution >= 4 is 0 Å². The van der Waals surface area contributed by atoms with Crippen molar-refractivity contribution in [2.24, 2.45) is 0 Å². The molecule has 17 heavy (non-hydrogen) atoms. The Hall–Kier alpha value is -1.58. The van der Waals surface area contributed by atoms with Gasteiger partial charge in [0.2, 0.25) is 0 Å². The van der Waals surface area contributed by atoms with Crippen molar-refractivity contribution < 1.29 is 5.21 Å². The molecule has 0 aliphatic carbocycles. The van der Waals surface area contributed by atoms with Gasteiger partial charge in [0.15, 0.2) is 0 Å². The van der Waals surface area contributed by atoms with Gasteiger partial charge in [-0.15, -0.1) is 0 Å². The van der Waals surface area contributed by atoms with E-state index in [-0.39, 0.29) is 6.04 Å². The molecule has 0 bridgehead atoms. The summed E-state index contributed by atoms with van der Waals surface area (Å²) in [6, 6.07) is 14.0. The van der Waals surface area contributed by atoms with Crippen molar-refractivity contribution in [1.29, 1.82) is 0 Å². The Labute approximate surface area is 102 Å². The van der Waals surface area contributed by atoms with Crippen LogP contribution in [0.3, 0.4) is 0 Å². The Kier molecular flexibility index (Phi) is 3.96. The minimum atomic E-state index is 0.0187. The molecular weight excluding hydrogens is 212 g/mol. The van der Waals surface area contributed by atoms with Gasteiger partial charge in [-0.05, 0) is 24.1 Å². The highest BCUT2D eigenvalue weighted by Crippen LogP contribution is 2.22. The third-order valence-electron chi connectivity index (χ3n) is 2.91. The van der Waals surface area contributed by atoms with Crippen LogP contribution < -0.4 is 0 Å². The standard InChI is InChI=1S/C14H18N2O/c1-2-14(13-9-6-10-15-13)16(17)11-12-7-4-3-5-8-12/h3-10,14-15,17H,2,11H2,1H3. The lowest BCUT2D eigenvalue weighted by molar-refractivity contribution is -0.139. The minimum absolute atomic E-state index is 0.0187. The number of aromatic nitrogens is 1. The lowest BCUT2D eigenvalue weighted by Gasteiger charge is -2.24. The average Bonchev–Trinajstić information content (AvgIpc) is 2.85. The molecule has 2 N–H and O–H groups in total. The van der Waals surface area contributed by atoms with Crippen molar-refractivity contribution in [3.8, 4) is 0 Å². The van der Waals surface area contributed by atoms with Crippen LogP contribution in [0.1, 0.15) is 30.6 Å². The molecule has 0 aliphatic rings. The van der Waals surface area contributed by atoms with E-state index in [0.717, 1.165) is 17.7 Å². The van der Waals surface area contributed by atoms with Crippen LogP contribution in [0, 0.1) is 0 Å². The SMILES string of the molecule is CCC(c1ccc[nH]1)N(O)Cc1ccccc1. The quantitative estimate of drug-likeness (QED) is 0.773. The summed E-state index contributed by atoms with van der Waals surface area (Å²) in [5.74, 6) is 0. The van der Waals surface area contributed by atoms with E-state index >= 15 is 0 Å². The van der Waals surface area contributed by atoms with Gasteiger partial charge in [-0.1, -0.05) is 37.3 Å². The van der Waals surface area contributed by atoms with E-state index < -0.39 is 0 Å². The van der Waals surface area contributed by atoms with E-state index in [0.29, 0.717) is 6.54 Å². The predicted molar refractivity (Wildman–Crippen MR) is 67.6 cm³/mol. The van der Waals surface area contributed by atoms with Gasteiger partial charge in [0, 0.05) is 18.4 Å². The molecule has 0 spiro atoms. The van der Waals surface area contributed by atoms with E-state index in [9.17, 15) is 5.21 Å². The zero-order valence-corrected chi connectivity index (χ0v) is 10.0. The van der Waals surface area contributed by atoms with Crippen molar-refractivity contribution in [2.45, 2.75) is 25.9 Å². The van der Waals surface area contributed by atoms with Crippen LogP contribution in [0.4, 0.5) is 0 Å². The molecule has 1 aromatic carbocycles. The van der Waals surface area contributed by atoms with Gasteiger partial charge >= 0.3 is 0 Å². The maximum Gasteiger partial charge on any atom is 0.0750 e. The van der Waals surface area contributed by atoms with Crippen molar-refractivity contribution in [3.05, 3.63) is 59.9 Å². The molecule has 90 valence electrons. The summed E-state index contributed by atoms with van der Waals surface area (Å²) in [5.41, 5.74) is 2.16. The number of hydroxylamine groups is 2. The summed E-state index contributed by atoms with van der Waals surface area (Å²) in [6.07, 6.45) is 2.75. The van der Waals surface area contributed by atoms with Crippen LogP contribution in [0.2, 0.25) is 0 Å². The van der Waals surface area contributed by atoms with Crippen molar-refractivity contribution in [3.63, 3.8) is 0 Å². The van der Waals surface area contributed by atoms with Gasteiger partial charge < -0.3 is 10.2 Å². The zero-order valence-electron chi connectivity index (χ0n) is 10.0. The highest BCUT2D eigenvalue weighted by Gasteiger charge is 2.17. The molecule has 1 aromatic heterocycles. The first-order chi connectivity index (χ1) is 8.31. The highest BCUT2D eigenvalue weighted by atomic mass is 16.5. The van der Waals surface area contributed by atoms with Crippen LogP contribution in [-0.2, 0) is 6.54 Å². The van der Waals surface area contributed by atoms with Gasteiger partial charge in [-0.3, -0.25) is 0 Å². The maximum atomic E-state index is 10.1. The smallest absolute Gasteiger partial charge is 0.0750 e. The molecule has 0 fully saturated rings. The van der Waals surface area contributed by atoms with Crippen LogP contribution in [-0.4, -0.2) is 15.3 Å². The fraction of sp³-hybridized carbons (Fsp3) is 0.286. The summed E-state index contributed by atoms with van der Waals surface area (Å²) in [5, 5.41) is 11.5. The molecule has 0 aliphatic heterocycles. The second-order valence-electron chi connectivity index (χ2n) is 4.13. The average molecular weight is 230 g/mol. The minimum Gasteiger partial charge on any atom is -0.364 e. The number of rotatable bonds is 5. The molecule has 3 heteroatoms. The number of hydrogen-bond donors (Lipinski definition) is 2. The molecule has 0 saturated carbocycles. The number of benzene rings is 1. The van der Waals surface area contributed by atoms with Crippen molar-refractivity contribution in [1.82, 2.24) is 10.0 Å². The predicted octanol–water partition coefficient (Wildman–Crippen LogP) is 3.36. The van der Waals surface area contributed by atoms with E-state index in [4.69, 9.17) is 0 Å². The fourth-order valence-corrected chi connectivity index (χ4v) is 2.02. The lowest BCUT2D eigenvalue weighted by Crippen LogP contribution is -2.24. The molecule has 0 radical (unpaired) electrons. The Morgan fingerprint density at radius 3 is 2.53 bits per heavy atom. The van der Waals surface area contributed by atoms with Crippen LogP contribution in [0.5, 0.6) is 0 Å². The van der Waals surface area contributed by atoms with Gasteiger partial charge in [0.1, 0.15) is 0 Å². The first-order valence-corrected chi connectivity index (χ1v) is 5.94. The fourth-order valence-electron chi connectivity index (χ4n) is 2.02. The number of nitrogens with one attached hydrogen (secondary N) is 1. The Morgan fingerprint density at radius 2 is 1.94 bits per heavy atom. The van der Waals surface area contributed by atoms with Crippen LogP contribution >= 0.6 is 0 Å². The number of hydrogen-bond acceptors (Lipinski definition) is 2. The maximum absolute atomic E-state index is 10.1. The number of H-pyrrole nitrogens is 1. The summed E-state index contributed by atoms with van der Waals surface area (Å²) < 4.78 is 0. The topological polar surface area (TPSA) is 39.3 Å².